The number of fused-ring (bicyclic) bond motifs is 2. The monoisotopic (exact) mass is 440 g/mol. The molecule has 9 heteroatoms. The van der Waals surface area contributed by atoms with Gasteiger partial charge in [-0.25, -0.2) is 4.79 Å². The highest BCUT2D eigenvalue weighted by molar-refractivity contribution is 7.85. The number of phenolic OH excluding ortho intramolecular Hbond substituents is 1. The summed E-state index contributed by atoms with van der Waals surface area (Å²) in [6, 6.07) is 17.5. The predicted octanol–water partition coefficient (Wildman–Crippen LogP) is 4.88. The van der Waals surface area contributed by atoms with E-state index in [0.29, 0.717) is 22.1 Å². The van der Waals surface area contributed by atoms with Crippen molar-refractivity contribution in [1.82, 2.24) is 0 Å². The van der Waals surface area contributed by atoms with E-state index in [1.165, 1.54) is 18.2 Å². The van der Waals surface area contributed by atoms with Gasteiger partial charge in [0.25, 0.3) is 10.1 Å². The third kappa shape index (κ3) is 4.18. The lowest BCUT2D eigenvalue weighted by molar-refractivity contribution is 0.262. The van der Waals surface area contributed by atoms with Crippen LogP contribution in [0.15, 0.2) is 76.5 Å². The van der Waals surface area contributed by atoms with Gasteiger partial charge in [0.1, 0.15) is 5.75 Å². The number of anilines is 2. The first-order valence-electron chi connectivity index (χ1n) is 8.74. The Hall–Kier alpha value is -3.27. The molecule has 0 aliphatic rings. The van der Waals surface area contributed by atoms with Gasteiger partial charge in [-0.15, -0.1) is 12.6 Å². The third-order valence-corrected chi connectivity index (χ3v) is 5.65. The first-order valence-corrected chi connectivity index (χ1v) is 10.6. The van der Waals surface area contributed by atoms with E-state index in [-0.39, 0.29) is 5.75 Å². The molecule has 0 heterocycles. The van der Waals surface area contributed by atoms with Crippen LogP contribution in [-0.4, -0.2) is 24.1 Å². The number of benzene rings is 4. The zero-order valence-electron chi connectivity index (χ0n) is 15.3. The van der Waals surface area contributed by atoms with Gasteiger partial charge in [-0.1, -0.05) is 12.1 Å². The zero-order valence-corrected chi connectivity index (χ0v) is 17.0. The fourth-order valence-corrected chi connectivity index (χ4v) is 3.90. The van der Waals surface area contributed by atoms with Crippen LogP contribution in [0.5, 0.6) is 5.75 Å². The number of urea groups is 1. The van der Waals surface area contributed by atoms with Crippen molar-refractivity contribution in [2.75, 3.05) is 10.6 Å². The van der Waals surface area contributed by atoms with E-state index in [1.54, 1.807) is 12.1 Å². The third-order valence-electron chi connectivity index (χ3n) is 4.54. The van der Waals surface area contributed by atoms with Crippen LogP contribution < -0.4 is 10.6 Å². The number of aromatic hydroxyl groups is 1. The van der Waals surface area contributed by atoms with Crippen molar-refractivity contribution in [3.05, 3.63) is 66.7 Å². The maximum atomic E-state index is 12.4. The zero-order chi connectivity index (χ0) is 21.5. The summed E-state index contributed by atoms with van der Waals surface area (Å²) in [5, 5.41) is 18.1. The lowest BCUT2D eigenvalue weighted by Crippen LogP contribution is -2.19. The summed E-state index contributed by atoms with van der Waals surface area (Å²) in [6.45, 7) is 0. The molecule has 0 unspecified atom stereocenters. The van der Waals surface area contributed by atoms with Crippen LogP contribution in [0, 0.1) is 0 Å². The van der Waals surface area contributed by atoms with Gasteiger partial charge < -0.3 is 15.7 Å². The number of nitrogens with one attached hydrogen (secondary N) is 2. The van der Waals surface area contributed by atoms with Crippen molar-refractivity contribution in [2.45, 2.75) is 9.79 Å². The lowest BCUT2D eigenvalue weighted by atomic mass is 10.1. The fourth-order valence-electron chi connectivity index (χ4n) is 3.15. The van der Waals surface area contributed by atoms with Crippen LogP contribution >= 0.6 is 12.6 Å². The minimum Gasteiger partial charge on any atom is -0.507 e. The van der Waals surface area contributed by atoms with E-state index in [0.717, 1.165) is 21.7 Å². The average Bonchev–Trinajstić information content (AvgIpc) is 2.66. The standard InChI is InChI=1S/C21H16N2O5S2/c24-20-11-18(30(26,27)28)10-14-8-16(4-6-19(14)20)23-21(25)22-15-3-1-12-2-5-17(29)9-13(12)7-15/h1-11,24,29H,(H2,22,23,25)(H,26,27,28). The van der Waals surface area contributed by atoms with E-state index >= 15 is 0 Å². The van der Waals surface area contributed by atoms with Crippen LogP contribution in [0.3, 0.4) is 0 Å². The van der Waals surface area contributed by atoms with E-state index < -0.39 is 21.0 Å². The smallest absolute Gasteiger partial charge is 0.323 e. The molecule has 0 atom stereocenters. The van der Waals surface area contributed by atoms with Gasteiger partial charge in [-0.3, -0.25) is 4.55 Å². The van der Waals surface area contributed by atoms with Gasteiger partial charge in [-0.05, 0) is 64.7 Å². The van der Waals surface area contributed by atoms with Gasteiger partial charge in [0.2, 0.25) is 0 Å². The van der Waals surface area contributed by atoms with Crippen LogP contribution in [0.1, 0.15) is 0 Å². The van der Waals surface area contributed by atoms with E-state index in [9.17, 15) is 22.9 Å². The van der Waals surface area contributed by atoms with E-state index in [2.05, 4.69) is 23.3 Å². The molecule has 30 heavy (non-hydrogen) atoms. The van der Waals surface area contributed by atoms with Gasteiger partial charge in [-0.2, -0.15) is 8.42 Å². The largest absolute Gasteiger partial charge is 0.507 e. The van der Waals surface area contributed by atoms with Crippen LogP contribution in [0.4, 0.5) is 16.2 Å². The molecule has 0 bridgehead atoms. The normalized spacial score (nSPS) is 11.5. The summed E-state index contributed by atoms with van der Waals surface area (Å²) in [5.41, 5.74) is 0.969. The Morgan fingerprint density at radius 2 is 1.43 bits per heavy atom. The van der Waals surface area contributed by atoms with Crippen molar-refractivity contribution >= 4 is 61.7 Å². The Bertz CT molecular complexity index is 1420. The molecule has 0 fully saturated rings. The number of thiol groups is 1. The highest BCUT2D eigenvalue weighted by atomic mass is 32.2. The molecule has 0 aromatic heterocycles. The Morgan fingerprint density at radius 3 is 2.13 bits per heavy atom. The molecular weight excluding hydrogens is 424 g/mol. The molecule has 4 rings (SSSR count). The molecule has 7 nitrogen and oxygen atoms in total. The summed E-state index contributed by atoms with van der Waals surface area (Å²) in [5.74, 6) is -0.296. The molecule has 152 valence electrons. The maximum absolute atomic E-state index is 12.4. The molecule has 4 aromatic carbocycles. The Kier molecular flexibility index (Phi) is 5.02. The van der Waals surface area contributed by atoms with Crippen LogP contribution in [0.25, 0.3) is 21.5 Å². The molecule has 0 saturated heterocycles. The molecule has 0 saturated carbocycles. The summed E-state index contributed by atoms with van der Waals surface area (Å²) in [4.78, 5) is 12.8. The lowest BCUT2D eigenvalue weighted by Gasteiger charge is -2.10. The number of amides is 2. The van der Waals surface area contributed by atoms with Crippen molar-refractivity contribution in [1.29, 1.82) is 0 Å². The highest BCUT2D eigenvalue weighted by Crippen LogP contribution is 2.30. The molecule has 2 amide bonds. The number of hydrogen-bond donors (Lipinski definition) is 5. The first kappa shape index (κ1) is 20.0. The van der Waals surface area contributed by atoms with Crippen LogP contribution in [-0.2, 0) is 10.1 Å². The number of phenols is 1. The number of carbonyl (C=O) groups is 1. The van der Waals surface area contributed by atoms with Crippen molar-refractivity contribution < 1.29 is 22.9 Å². The first-order chi connectivity index (χ1) is 14.2. The molecule has 4 N–H and O–H groups in total. The second-order valence-electron chi connectivity index (χ2n) is 6.68. The van der Waals surface area contributed by atoms with Gasteiger partial charge in [0, 0.05) is 27.7 Å². The summed E-state index contributed by atoms with van der Waals surface area (Å²) < 4.78 is 32.0. The Morgan fingerprint density at radius 1 is 0.800 bits per heavy atom. The molecule has 0 aliphatic carbocycles. The van der Waals surface area contributed by atoms with Gasteiger partial charge in [0.05, 0.1) is 4.90 Å². The van der Waals surface area contributed by atoms with Crippen molar-refractivity contribution in [2.24, 2.45) is 0 Å². The Balaban J connectivity index is 1.58. The minimum absolute atomic E-state index is 0.296. The second kappa shape index (κ2) is 7.52. The highest BCUT2D eigenvalue weighted by Gasteiger charge is 2.14. The molecule has 4 aromatic rings. The van der Waals surface area contributed by atoms with Crippen molar-refractivity contribution in [3.8, 4) is 5.75 Å². The molecule has 0 aliphatic heterocycles. The van der Waals surface area contributed by atoms with E-state index in [4.69, 9.17) is 0 Å². The SMILES string of the molecule is O=C(Nc1ccc2ccc(S)cc2c1)Nc1ccc2c(O)cc(S(=O)(=O)O)cc2c1. The number of hydrogen-bond acceptors (Lipinski definition) is 5. The number of carbonyl (C=O) groups excluding carboxylic acids is 1. The predicted molar refractivity (Wildman–Crippen MR) is 119 cm³/mol. The van der Waals surface area contributed by atoms with Crippen LogP contribution in [0.2, 0.25) is 0 Å². The molecular formula is C21H16N2O5S2. The second-order valence-corrected chi connectivity index (χ2v) is 8.62. The fraction of sp³-hybridized carbons (Fsp3) is 0. The summed E-state index contributed by atoms with van der Waals surface area (Å²) in [7, 11) is -4.48. The Labute approximate surface area is 177 Å². The van der Waals surface area contributed by atoms with Crippen molar-refractivity contribution in [3.63, 3.8) is 0 Å². The molecule has 0 radical (unpaired) electrons. The maximum Gasteiger partial charge on any atom is 0.323 e. The summed E-state index contributed by atoms with van der Waals surface area (Å²) >= 11 is 4.32. The van der Waals surface area contributed by atoms with Gasteiger partial charge in [0.15, 0.2) is 0 Å². The van der Waals surface area contributed by atoms with Gasteiger partial charge >= 0.3 is 6.03 Å². The molecule has 0 spiro atoms. The summed E-state index contributed by atoms with van der Waals surface area (Å²) in [6.07, 6.45) is 0. The minimum atomic E-state index is -4.48. The topological polar surface area (TPSA) is 116 Å². The quantitative estimate of drug-likeness (QED) is 0.230. The average molecular weight is 441 g/mol. The van der Waals surface area contributed by atoms with E-state index in [1.807, 2.05) is 30.3 Å². The number of rotatable bonds is 3.